The van der Waals surface area contributed by atoms with Crippen molar-refractivity contribution in [3.8, 4) is 0 Å². The molecule has 5 heteroatoms. The average Bonchev–Trinajstić information content (AvgIpc) is 2.36. The minimum Gasteiger partial charge on any atom is -0.480 e. The van der Waals surface area contributed by atoms with Gasteiger partial charge in [0.1, 0.15) is 12.4 Å². The number of carbonyl (C=O) groups is 2. The number of benzene rings is 1. The van der Waals surface area contributed by atoms with Crippen LogP contribution in [-0.2, 0) is 9.59 Å². The Hall–Kier alpha value is -2.17. The van der Waals surface area contributed by atoms with E-state index in [-0.39, 0.29) is 6.54 Å². The Labute approximate surface area is 111 Å². The summed E-state index contributed by atoms with van der Waals surface area (Å²) in [6.45, 7) is 1.85. The van der Waals surface area contributed by atoms with Gasteiger partial charge in [0.2, 0.25) is 5.91 Å². The second-order valence-electron chi connectivity index (χ2n) is 4.01. The Morgan fingerprint density at radius 2 is 2.05 bits per heavy atom. The number of carboxylic acid groups (broad SMARTS) is 1. The molecule has 0 saturated heterocycles. The third-order valence-electron chi connectivity index (χ3n) is 2.44. The zero-order valence-electron chi connectivity index (χ0n) is 10.7. The molecular weight excluding hydrogens is 249 g/mol. The fourth-order valence-corrected chi connectivity index (χ4v) is 1.58. The number of aliphatic carboxylic acids is 1. The summed E-state index contributed by atoms with van der Waals surface area (Å²) in [4.78, 5) is 23.7. The third-order valence-corrected chi connectivity index (χ3v) is 2.44. The summed E-state index contributed by atoms with van der Waals surface area (Å²) in [5, 5.41) is 8.71. The molecule has 0 aliphatic carbocycles. The van der Waals surface area contributed by atoms with Crippen LogP contribution in [0.1, 0.15) is 18.9 Å². The van der Waals surface area contributed by atoms with Gasteiger partial charge in [-0.2, -0.15) is 0 Å². The first kappa shape index (κ1) is 14.9. The first-order chi connectivity index (χ1) is 9.04. The van der Waals surface area contributed by atoms with Gasteiger partial charge in [-0.3, -0.25) is 9.59 Å². The van der Waals surface area contributed by atoms with Crippen molar-refractivity contribution in [3.63, 3.8) is 0 Å². The molecule has 102 valence electrons. The molecule has 0 atom stereocenters. The number of hydrogen-bond acceptors (Lipinski definition) is 2. The lowest BCUT2D eigenvalue weighted by molar-refractivity contribution is -0.142. The van der Waals surface area contributed by atoms with Gasteiger partial charge in [0, 0.05) is 18.2 Å². The van der Waals surface area contributed by atoms with E-state index >= 15 is 0 Å². The van der Waals surface area contributed by atoms with Crippen molar-refractivity contribution in [2.45, 2.75) is 13.3 Å². The summed E-state index contributed by atoms with van der Waals surface area (Å²) in [6.07, 6.45) is 3.20. The van der Waals surface area contributed by atoms with Crippen LogP contribution in [0.5, 0.6) is 0 Å². The molecule has 0 unspecified atom stereocenters. The first-order valence-electron chi connectivity index (χ1n) is 5.98. The summed E-state index contributed by atoms with van der Waals surface area (Å²) < 4.78 is 13.3. The fourth-order valence-electron chi connectivity index (χ4n) is 1.58. The summed E-state index contributed by atoms with van der Waals surface area (Å²) in [6, 6.07) is 6.06. The van der Waals surface area contributed by atoms with E-state index in [4.69, 9.17) is 5.11 Å². The van der Waals surface area contributed by atoms with Crippen LogP contribution in [-0.4, -0.2) is 35.0 Å². The van der Waals surface area contributed by atoms with Crippen LogP contribution in [0.4, 0.5) is 4.39 Å². The van der Waals surface area contributed by atoms with Crippen LogP contribution in [0.25, 0.3) is 6.08 Å². The lowest BCUT2D eigenvalue weighted by atomic mass is 10.2. The predicted octanol–water partition coefficient (Wildman–Crippen LogP) is 2.16. The quantitative estimate of drug-likeness (QED) is 0.802. The normalized spacial score (nSPS) is 10.6. The minimum absolute atomic E-state index is 0.294. The number of halogens is 1. The molecule has 0 aliphatic rings. The molecule has 0 aliphatic heterocycles. The maximum atomic E-state index is 13.3. The lowest BCUT2D eigenvalue weighted by Gasteiger charge is -2.17. The molecule has 1 rings (SSSR count). The van der Waals surface area contributed by atoms with Crippen LogP contribution < -0.4 is 0 Å². The lowest BCUT2D eigenvalue weighted by Crippen LogP contribution is -2.35. The number of hydrogen-bond donors (Lipinski definition) is 1. The molecule has 0 spiro atoms. The van der Waals surface area contributed by atoms with Crippen molar-refractivity contribution in [2.75, 3.05) is 13.1 Å². The molecule has 4 nitrogen and oxygen atoms in total. The summed E-state index contributed by atoms with van der Waals surface area (Å²) in [7, 11) is 0. The molecule has 0 heterocycles. The van der Waals surface area contributed by atoms with E-state index in [1.165, 1.54) is 23.1 Å². The molecular formula is C14H16FNO3. The van der Waals surface area contributed by atoms with Crippen molar-refractivity contribution >= 4 is 18.0 Å². The van der Waals surface area contributed by atoms with Crippen molar-refractivity contribution in [3.05, 3.63) is 41.7 Å². The van der Waals surface area contributed by atoms with Gasteiger partial charge in [-0.1, -0.05) is 25.1 Å². The molecule has 1 amide bonds. The Morgan fingerprint density at radius 3 is 2.63 bits per heavy atom. The van der Waals surface area contributed by atoms with E-state index in [0.717, 1.165) is 0 Å². The molecule has 0 fully saturated rings. The molecule has 1 aromatic carbocycles. The van der Waals surface area contributed by atoms with Gasteiger partial charge in [0.05, 0.1) is 0 Å². The molecule has 0 saturated carbocycles. The van der Waals surface area contributed by atoms with Crippen LogP contribution in [0.15, 0.2) is 30.3 Å². The zero-order chi connectivity index (χ0) is 14.3. The van der Waals surface area contributed by atoms with Crippen molar-refractivity contribution in [2.24, 2.45) is 0 Å². The number of rotatable bonds is 6. The van der Waals surface area contributed by atoms with E-state index in [1.807, 2.05) is 6.92 Å². The average molecular weight is 265 g/mol. The molecule has 1 aromatic rings. The van der Waals surface area contributed by atoms with Crippen LogP contribution in [0.2, 0.25) is 0 Å². The Morgan fingerprint density at radius 1 is 1.37 bits per heavy atom. The fraction of sp³-hybridized carbons (Fsp3) is 0.286. The molecule has 0 bridgehead atoms. The molecule has 0 aromatic heterocycles. The van der Waals surface area contributed by atoms with E-state index in [9.17, 15) is 14.0 Å². The van der Waals surface area contributed by atoms with E-state index in [2.05, 4.69) is 0 Å². The standard InChI is InChI=1S/C14H16FNO3/c1-2-9-16(10-14(18)19)13(17)8-7-11-5-3-4-6-12(11)15/h3-8H,2,9-10H2,1H3,(H,18,19). The molecule has 0 radical (unpaired) electrons. The van der Waals surface area contributed by atoms with Gasteiger partial charge >= 0.3 is 5.97 Å². The second-order valence-corrected chi connectivity index (χ2v) is 4.01. The Kier molecular flexibility index (Phi) is 5.73. The molecule has 1 N–H and O–H groups in total. The third kappa shape index (κ3) is 4.91. The predicted molar refractivity (Wildman–Crippen MR) is 69.9 cm³/mol. The largest absolute Gasteiger partial charge is 0.480 e. The van der Waals surface area contributed by atoms with Gasteiger partial charge in [-0.15, -0.1) is 0 Å². The minimum atomic E-state index is -1.07. The highest BCUT2D eigenvalue weighted by molar-refractivity contribution is 5.93. The van der Waals surface area contributed by atoms with Crippen molar-refractivity contribution < 1.29 is 19.1 Å². The maximum absolute atomic E-state index is 13.3. The highest BCUT2D eigenvalue weighted by atomic mass is 19.1. The van der Waals surface area contributed by atoms with E-state index in [0.29, 0.717) is 18.5 Å². The van der Waals surface area contributed by atoms with Gasteiger partial charge in [0.25, 0.3) is 0 Å². The van der Waals surface area contributed by atoms with Gasteiger partial charge in [-0.05, 0) is 18.6 Å². The summed E-state index contributed by atoms with van der Waals surface area (Å²) in [5.41, 5.74) is 0.294. The van der Waals surface area contributed by atoms with Crippen molar-refractivity contribution in [1.29, 1.82) is 0 Å². The Bertz CT molecular complexity index is 485. The highest BCUT2D eigenvalue weighted by Gasteiger charge is 2.13. The Balaban J connectivity index is 2.76. The monoisotopic (exact) mass is 265 g/mol. The number of carboxylic acids is 1. The van der Waals surface area contributed by atoms with Gasteiger partial charge in [-0.25, -0.2) is 4.39 Å². The highest BCUT2D eigenvalue weighted by Crippen LogP contribution is 2.08. The second kappa shape index (κ2) is 7.31. The maximum Gasteiger partial charge on any atom is 0.323 e. The SMILES string of the molecule is CCCN(CC(=O)O)C(=O)C=Cc1ccccc1F. The number of amides is 1. The number of nitrogens with zero attached hydrogens (tertiary/aromatic N) is 1. The van der Waals surface area contributed by atoms with Crippen LogP contribution in [0, 0.1) is 5.82 Å². The van der Waals surface area contributed by atoms with Crippen LogP contribution in [0.3, 0.4) is 0 Å². The van der Waals surface area contributed by atoms with E-state index < -0.39 is 17.7 Å². The zero-order valence-corrected chi connectivity index (χ0v) is 10.7. The molecule has 19 heavy (non-hydrogen) atoms. The van der Waals surface area contributed by atoms with E-state index in [1.54, 1.807) is 18.2 Å². The topological polar surface area (TPSA) is 57.6 Å². The smallest absolute Gasteiger partial charge is 0.323 e. The summed E-state index contributed by atoms with van der Waals surface area (Å²) >= 11 is 0. The number of carbonyl (C=O) groups excluding carboxylic acids is 1. The summed E-state index contributed by atoms with van der Waals surface area (Å²) in [5.74, 6) is -1.93. The first-order valence-corrected chi connectivity index (χ1v) is 5.98. The van der Waals surface area contributed by atoms with Gasteiger partial charge < -0.3 is 10.0 Å². The van der Waals surface area contributed by atoms with Gasteiger partial charge in [0.15, 0.2) is 0 Å². The van der Waals surface area contributed by atoms with Crippen LogP contribution >= 0.6 is 0 Å². The van der Waals surface area contributed by atoms with Crippen molar-refractivity contribution in [1.82, 2.24) is 4.90 Å².